The van der Waals surface area contributed by atoms with E-state index in [1.807, 2.05) is 37.3 Å². The number of halogens is 1. The first kappa shape index (κ1) is 17.1. The molecule has 0 spiro atoms. The number of benzene rings is 2. The summed E-state index contributed by atoms with van der Waals surface area (Å²) in [6.07, 6.45) is 0. The molecule has 0 heterocycles. The molecular formula is C17H19ClN2O3. The van der Waals surface area contributed by atoms with Crippen LogP contribution in [-0.2, 0) is 0 Å². The molecule has 5 nitrogen and oxygen atoms in total. The van der Waals surface area contributed by atoms with Gasteiger partial charge in [0.15, 0.2) is 0 Å². The topological polar surface area (TPSA) is 70.6 Å². The molecule has 0 aliphatic heterocycles. The monoisotopic (exact) mass is 334 g/mol. The number of carbonyl (C=O) groups excluding carboxylic acids is 1. The maximum absolute atomic E-state index is 12.1. The first-order valence-corrected chi connectivity index (χ1v) is 7.67. The smallest absolute Gasteiger partial charge is 0.319 e. The van der Waals surface area contributed by atoms with Gasteiger partial charge in [0.1, 0.15) is 5.75 Å². The Morgan fingerprint density at radius 2 is 2.00 bits per heavy atom. The van der Waals surface area contributed by atoms with Gasteiger partial charge in [-0.1, -0.05) is 41.9 Å². The minimum Gasteiger partial charge on any atom is -0.492 e. The second-order valence-electron chi connectivity index (χ2n) is 4.82. The van der Waals surface area contributed by atoms with Gasteiger partial charge in [-0.05, 0) is 30.7 Å². The molecule has 2 aromatic rings. The van der Waals surface area contributed by atoms with Crippen molar-refractivity contribution in [3.05, 3.63) is 59.1 Å². The third-order valence-corrected chi connectivity index (χ3v) is 3.47. The number of nitrogens with one attached hydrogen (secondary N) is 2. The van der Waals surface area contributed by atoms with Gasteiger partial charge in [0.25, 0.3) is 0 Å². The average Bonchev–Trinajstić information content (AvgIpc) is 2.56. The molecule has 1 atom stereocenters. The van der Waals surface area contributed by atoms with E-state index >= 15 is 0 Å². The highest BCUT2D eigenvalue weighted by molar-refractivity contribution is 6.32. The van der Waals surface area contributed by atoms with E-state index in [-0.39, 0.29) is 6.61 Å². The molecule has 0 saturated carbocycles. The van der Waals surface area contributed by atoms with Crippen LogP contribution < -0.4 is 15.4 Å². The van der Waals surface area contributed by atoms with Gasteiger partial charge in [-0.3, -0.25) is 0 Å². The van der Waals surface area contributed by atoms with E-state index in [2.05, 4.69) is 10.6 Å². The fraction of sp³-hybridized carbons (Fsp3) is 0.235. The van der Waals surface area contributed by atoms with E-state index in [9.17, 15) is 9.90 Å². The van der Waals surface area contributed by atoms with Crippen LogP contribution in [0.5, 0.6) is 5.75 Å². The zero-order valence-corrected chi connectivity index (χ0v) is 13.5. The minimum atomic E-state index is -0.477. The van der Waals surface area contributed by atoms with Crippen LogP contribution in [0.2, 0.25) is 5.02 Å². The van der Waals surface area contributed by atoms with E-state index in [0.29, 0.717) is 23.1 Å². The molecule has 23 heavy (non-hydrogen) atoms. The van der Waals surface area contributed by atoms with Crippen LogP contribution in [0.3, 0.4) is 0 Å². The highest BCUT2D eigenvalue weighted by Crippen LogP contribution is 2.27. The van der Waals surface area contributed by atoms with Crippen molar-refractivity contribution in [2.75, 3.05) is 18.5 Å². The van der Waals surface area contributed by atoms with Crippen molar-refractivity contribution in [1.82, 2.24) is 5.32 Å². The van der Waals surface area contributed by atoms with Crippen LogP contribution in [0, 0.1) is 0 Å². The molecule has 0 aliphatic rings. The summed E-state index contributed by atoms with van der Waals surface area (Å²) in [6, 6.07) is 13.4. The summed E-state index contributed by atoms with van der Waals surface area (Å²) in [5.74, 6) is 0.567. The highest BCUT2D eigenvalue weighted by Gasteiger charge is 2.13. The quantitative estimate of drug-likeness (QED) is 0.756. The lowest BCUT2D eigenvalue weighted by Gasteiger charge is -2.17. The van der Waals surface area contributed by atoms with Gasteiger partial charge in [0.2, 0.25) is 0 Å². The number of anilines is 1. The average molecular weight is 335 g/mol. The first-order chi connectivity index (χ1) is 11.1. The van der Waals surface area contributed by atoms with Crippen LogP contribution in [0.4, 0.5) is 10.5 Å². The van der Waals surface area contributed by atoms with Crippen molar-refractivity contribution in [2.24, 2.45) is 0 Å². The van der Waals surface area contributed by atoms with Crippen molar-refractivity contribution in [3.63, 3.8) is 0 Å². The summed E-state index contributed by atoms with van der Waals surface area (Å²) in [4.78, 5) is 12.1. The van der Waals surface area contributed by atoms with Gasteiger partial charge in [-0.15, -0.1) is 0 Å². The van der Waals surface area contributed by atoms with Crippen LogP contribution in [0.25, 0.3) is 0 Å². The van der Waals surface area contributed by atoms with Crippen molar-refractivity contribution in [3.8, 4) is 5.75 Å². The lowest BCUT2D eigenvalue weighted by molar-refractivity contribution is 0.225. The Bertz CT molecular complexity index is 650. The summed E-state index contributed by atoms with van der Waals surface area (Å²) in [7, 11) is 0. The summed E-state index contributed by atoms with van der Waals surface area (Å²) < 4.78 is 5.34. The molecule has 0 bridgehead atoms. The van der Waals surface area contributed by atoms with E-state index in [1.54, 1.807) is 18.2 Å². The third kappa shape index (κ3) is 4.87. The number of aliphatic hydroxyl groups excluding tert-OH is 1. The Morgan fingerprint density at radius 3 is 2.61 bits per heavy atom. The van der Waals surface area contributed by atoms with Crippen LogP contribution >= 0.6 is 11.6 Å². The first-order valence-electron chi connectivity index (χ1n) is 7.29. The van der Waals surface area contributed by atoms with Crippen LogP contribution in [0.15, 0.2) is 48.5 Å². The maximum atomic E-state index is 12.1. The van der Waals surface area contributed by atoms with Crippen molar-refractivity contribution < 1.29 is 14.6 Å². The minimum absolute atomic E-state index is 0.193. The third-order valence-electron chi connectivity index (χ3n) is 3.18. The van der Waals surface area contributed by atoms with Crippen LogP contribution in [0.1, 0.15) is 18.5 Å². The summed E-state index contributed by atoms with van der Waals surface area (Å²) >= 11 is 6.08. The van der Waals surface area contributed by atoms with Crippen molar-refractivity contribution >= 4 is 23.3 Å². The van der Waals surface area contributed by atoms with Gasteiger partial charge in [-0.2, -0.15) is 0 Å². The van der Waals surface area contributed by atoms with E-state index in [4.69, 9.17) is 16.3 Å². The number of hydrogen-bond donors (Lipinski definition) is 3. The van der Waals surface area contributed by atoms with Crippen molar-refractivity contribution in [1.29, 1.82) is 0 Å². The maximum Gasteiger partial charge on any atom is 0.319 e. The Balaban J connectivity index is 2.00. The SMILES string of the molecule is CCOc1ccc(NC(=O)N[C@H](CO)c2ccccc2)cc1Cl. The second-order valence-corrected chi connectivity index (χ2v) is 5.23. The molecule has 0 saturated heterocycles. The number of hydrogen-bond acceptors (Lipinski definition) is 3. The Labute approximate surface area is 140 Å². The van der Waals surface area contributed by atoms with E-state index in [1.165, 1.54) is 0 Å². The fourth-order valence-corrected chi connectivity index (χ4v) is 2.33. The number of rotatable bonds is 6. The molecule has 2 aromatic carbocycles. The standard InChI is InChI=1S/C17H19ClN2O3/c1-2-23-16-9-8-13(10-14(16)18)19-17(22)20-15(11-21)12-6-4-3-5-7-12/h3-10,15,21H,2,11H2,1H3,(H2,19,20,22)/t15-/m1/s1. The second kappa shape index (κ2) is 8.41. The summed E-state index contributed by atoms with van der Waals surface area (Å²) in [5, 5.41) is 15.3. The van der Waals surface area contributed by atoms with Gasteiger partial charge in [0, 0.05) is 5.69 Å². The molecule has 0 aliphatic carbocycles. The Kier molecular flexibility index (Phi) is 6.26. The number of urea groups is 1. The predicted molar refractivity (Wildman–Crippen MR) is 91.0 cm³/mol. The Morgan fingerprint density at radius 1 is 1.26 bits per heavy atom. The lowest BCUT2D eigenvalue weighted by Crippen LogP contribution is -2.34. The molecule has 0 fully saturated rings. The van der Waals surface area contributed by atoms with Gasteiger partial charge >= 0.3 is 6.03 Å². The summed E-state index contributed by atoms with van der Waals surface area (Å²) in [5.41, 5.74) is 1.37. The highest BCUT2D eigenvalue weighted by atomic mass is 35.5. The largest absolute Gasteiger partial charge is 0.492 e. The zero-order valence-electron chi connectivity index (χ0n) is 12.8. The zero-order chi connectivity index (χ0) is 16.7. The van der Waals surface area contributed by atoms with E-state index in [0.717, 1.165) is 5.56 Å². The number of amides is 2. The van der Waals surface area contributed by atoms with Crippen molar-refractivity contribution in [2.45, 2.75) is 13.0 Å². The normalized spacial score (nSPS) is 11.6. The van der Waals surface area contributed by atoms with Gasteiger partial charge < -0.3 is 20.5 Å². The number of carbonyl (C=O) groups is 1. The molecule has 0 radical (unpaired) electrons. The molecule has 0 unspecified atom stereocenters. The molecule has 6 heteroatoms. The fourth-order valence-electron chi connectivity index (χ4n) is 2.10. The Hall–Kier alpha value is -2.24. The molecular weight excluding hydrogens is 316 g/mol. The molecule has 122 valence electrons. The lowest BCUT2D eigenvalue weighted by atomic mass is 10.1. The number of aliphatic hydroxyl groups is 1. The number of ether oxygens (including phenoxy) is 1. The molecule has 2 amide bonds. The predicted octanol–water partition coefficient (Wildman–Crippen LogP) is 3.59. The summed E-state index contributed by atoms with van der Waals surface area (Å²) in [6.45, 7) is 2.19. The van der Waals surface area contributed by atoms with Crippen LogP contribution in [-0.4, -0.2) is 24.4 Å². The van der Waals surface area contributed by atoms with E-state index < -0.39 is 12.1 Å². The molecule has 3 N–H and O–H groups in total. The van der Waals surface area contributed by atoms with Gasteiger partial charge in [0.05, 0.1) is 24.3 Å². The van der Waals surface area contributed by atoms with Gasteiger partial charge in [-0.25, -0.2) is 4.79 Å². The molecule has 2 rings (SSSR count). The molecule has 0 aromatic heterocycles.